The summed E-state index contributed by atoms with van der Waals surface area (Å²) in [6, 6.07) is 20.9. The standard InChI is InChI=1S/C14H13B.C5H8N2/c1-2-15(13-9-5-3-6-10-13)14-11-7-4-8-12-14;1-4-5(2)7-3-6-4/h2-12H,1H2;3H,1-2H3,(H,6,7). The van der Waals surface area contributed by atoms with Gasteiger partial charge >= 0.3 is 0 Å². The second kappa shape index (κ2) is 8.03. The van der Waals surface area contributed by atoms with E-state index in [1.807, 2.05) is 32.0 Å². The fourth-order valence-corrected chi connectivity index (χ4v) is 2.21. The Balaban J connectivity index is 0.000000211. The second-order valence-corrected chi connectivity index (χ2v) is 5.15. The SMILES string of the molecule is C=CB(c1ccccc1)c1ccccc1.Cc1nc[nH]c1C. The summed E-state index contributed by atoms with van der Waals surface area (Å²) in [7, 11) is 0. The summed E-state index contributed by atoms with van der Waals surface area (Å²) in [5.41, 5.74) is 4.82. The maximum absolute atomic E-state index is 3.96. The van der Waals surface area contributed by atoms with Gasteiger partial charge in [0.05, 0.1) is 12.0 Å². The molecule has 0 fully saturated rings. The molecule has 110 valence electrons. The number of aromatic nitrogens is 2. The summed E-state index contributed by atoms with van der Waals surface area (Å²) < 4.78 is 0. The van der Waals surface area contributed by atoms with Crippen molar-refractivity contribution in [2.75, 3.05) is 0 Å². The Morgan fingerprint density at radius 1 is 0.909 bits per heavy atom. The van der Waals surface area contributed by atoms with Crippen LogP contribution in [0.15, 0.2) is 79.5 Å². The summed E-state index contributed by atoms with van der Waals surface area (Å²) in [6.45, 7) is 8.19. The quantitative estimate of drug-likeness (QED) is 0.737. The van der Waals surface area contributed by atoms with Gasteiger partial charge in [-0.3, -0.25) is 0 Å². The van der Waals surface area contributed by atoms with E-state index in [4.69, 9.17) is 0 Å². The molecule has 0 unspecified atom stereocenters. The van der Waals surface area contributed by atoms with Crippen LogP contribution < -0.4 is 10.9 Å². The van der Waals surface area contributed by atoms with Crippen molar-refractivity contribution >= 4 is 17.6 Å². The van der Waals surface area contributed by atoms with Crippen LogP contribution in [-0.2, 0) is 0 Å². The zero-order chi connectivity index (χ0) is 15.8. The van der Waals surface area contributed by atoms with Crippen LogP contribution in [0, 0.1) is 13.8 Å². The Morgan fingerprint density at radius 3 is 1.68 bits per heavy atom. The largest absolute Gasteiger partial charge is 0.348 e. The predicted octanol–water partition coefficient (Wildman–Crippen LogP) is 3.05. The Hall–Kier alpha value is -2.55. The summed E-state index contributed by atoms with van der Waals surface area (Å²) in [5.74, 6) is 1.99. The summed E-state index contributed by atoms with van der Waals surface area (Å²) in [4.78, 5) is 6.92. The molecule has 0 radical (unpaired) electrons. The number of nitrogens with zero attached hydrogens (tertiary/aromatic N) is 1. The minimum Gasteiger partial charge on any atom is -0.348 e. The third-order valence-electron chi connectivity index (χ3n) is 3.64. The molecule has 0 aliphatic carbocycles. The summed E-state index contributed by atoms with van der Waals surface area (Å²) >= 11 is 0. The van der Waals surface area contributed by atoms with Crippen LogP contribution in [0.25, 0.3) is 0 Å². The Kier molecular flexibility index (Phi) is 5.78. The van der Waals surface area contributed by atoms with Gasteiger partial charge in [0.25, 0.3) is 0 Å². The smallest absolute Gasteiger partial charge is 0.233 e. The van der Waals surface area contributed by atoms with Crippen LogP contribution >= 0.6 is 0 Å². The summed E-state index contributed by atoms with van der Waals surface area (Å²) in [5, 5.41) is 0. The van der Waals surface area contributed by atoms with E-state index in [0.717, 1.165) is 11.4 Å². The highest BCUT2D eigenvalue weighted by Gasteiger charge is 2.13. The van der Waals surface area contributed by atoms with Crippen LogP contribution in [0.4, 0.5) is 0 Å². The third-order valence-corrected chi connectivity index (χ3v) is 3.64. The van der Waals surface area contributed by atoms with Crippen LogP contribution in [0.1, 0.15) is 11.4 Å². The van der Waals surface area contributed by atoms with Gasteiger partial charge < -0.3 is 4.98 Å². The van der Waals surface area contributed by atoms with Gasteiger partial charge in [0.2, 0.25) is 6.71 Å². The molecule has 22 heavy (non-hydrogen) atoms. The van der Waals surface area contributed by atoms with Gasteiger partial charge in [-0.15, -0.1) is 12.6 Å². The minimum atomic E-state index is 0.299. The Morgan fingerprint density at radius 2 is 1.41 bits per heavy atom. The van der Waals surface area contributed by atoms with E-state index in [1.54, 1.807) is 6.33 Å². The lowest BCUT2D eigenvalue weighted by Crippen LogP contribution is -2.40. The average molecular weight is 288 g/mol. The molecule has 0 spiro atoms. The van der Waals surface area contributed by atoms with Crippen molar-refractivity contribution in [2.24, 2.45) is 0 Å². The van der Waals surface area contributed by atoms with Crippen LogP contribution in [0.3, 0.4) is 0 Å². The maximum Gasteiger partial charge on any atom is 0.233 e. The zero-order valence-electron chi connectivity index (χ0n) is 13.2. The third kappa shape index (κ3) is 4.22. The molecule has 2 aromatic carbocycles. The molecule has 0 bridgehead atoms. The molecule has 0 aliphatic heterocycles. The molecule has 2 nitrogen and oxygen atoms in total. The van der Waals surface area contributed by atoms with Crippen LogP contribution in [0.2, 0.25) is 0 Å². The van der Waals surface area contributed by atoms with E-state index in [1.165, 1.54) is 10.9 Å². The fourth-order valence-electron chi connectivity index (χ4n) is 2.21. The Labute approximate surface area is 133 Å². The number of H-pyrrole nitrogens is 1. The van der Waals surface area contributed by atoms with E-state index in [9.17, 15) is 0 Å². The van der Waals surface area contributed by atoms with E-state index in [2.05, 4.69) is 65.1 Å². The molecular formula is C19H21BN2. The van der Waals surface area contributed by atoms with Crippen molar-refractivity contribution in [3.63, 3.8) is 0 Å². The van der Waals surface area contributed by atoms with Crippen LogP contribution in [-0.4, -0.2) is 16.7 Å². The summed E-state index contributed by atoms with van der Waals surface area (Å²) in [6.07, 6.45) is 1.70. The molecule has 0 saturated carbocycles. The number of aryl methyl sites for hydroxylation is 2. The first-order valence-corrected chi connectivity index (χ1v) is 7.41. The van der Waals surface area contributed by atoms with E-state index < -0.39 is 0 Å². The number of rotatable bonds is 3. The molecule has 0 saturated heterocycles. The number of nitrogens with one attached hydrogen (secondary N) is 1. The highest BCUT2D eigenvalue weighted by molar-refractivity contribution is 6.89. The lowest BCUT2D eigenvalue weighted by molar-refractivity contribution is 1.22. The molecule has 3 rings (SSSR count). The first kappa shape index (κ1) is 15.8. The van der Waals surface area contributed by atoms with Crippen molar-refractivity contribution in [2.45, 2.75) is 13.8 Å². The van der Waals surface area contributed by atoms with Crippen molar-refractivity contribution in [3.8, 4) is 0 Å². The van der Waals surface area contributed by atoms with Gasteiger partial charge in [-0.05, 0) is 13.8 Å². The highest BCUT2D eigenvalue weighted by Crippen LogP contribution is 1.94. The molecule has 0 amide bonds. The first-order chi connectivity index (χ1) is 10.7. The fraction of sp³-hybridized carbons (Fsp3) is 0.105. The maximum atomic E-state index is 3.96. The molecule has 3 aromatic rings. The van der Waals surface area contributed by atoms with Gasteiger partial charge in [-0.2, -0.15) is 0 Å². The molecule has 1 aromatic heterocycles. The van der Waals surface area contributed by atoms with Gasteiger partial charge in [0.15, 0.2) is 0 Å². The average Bonchev–Trinajstić information content (AvgIpc) is 2.94. The van der Waals surface area contributed by atoms with Crippen molar-refractivity contribution < 1.29 is 0 Å². The van der Waals surface area contributed by atoms with Gasteiger partial charge in [0.1, 0.15) is 0 Å². The van der Waals surface area contributed by atoms with Crippen LogP contribution in [0.5, 0.6) is 0 Å². The molecule has 1 N–H and O–H groups in total. The van der Waals surface area contributed by atoms with Crippen molar-refractivity contribution in [1.82, 2.24) is 9.97 Å². The van der Waals surface area contributed by atoms with Gasteiger partial charge in [-0.25, -0.2) is 4.98 Å². The first-order valence-electron chi connectivity index (χ1n) is 7.41. The second-order valence-electron chi connectivity index (χ2n) is 5.15. The lowest BCUT2D eigenvalue weighted by atomic mass is 9.41. The number of aromatic amines is 1. The predicted molar refractivity (Wildman–Crippen MR) is 96.2 cm³/mol. The number of benzene rings is 2. The molecule has 3 heteroatoms. The molecular weight excluding hydrogens is 267 g/mol. The Bertz CT molecular complexity index is 634. The number of hydrogen-bond donors (Lipinski definition) is 1. The lowest BCUT2D eigenvalue weighted by Gasteiger charge is -2.09. The molecule has 0 aliphatic rings. The number of hydrogen-bond acceptors (Lipinski definition) is 1. The minimum absolute atomic E-state index is 0.299. The molecule has 1 heterocycles. The molecule has 0 atom stereocenters. The number of imidazole rings is 1. The van der Waals surface area contributed by atoms with E-state index in [-0.39, 0.29) is 0 Å². The van der Waals surface area contributed by atoms with Crippen molar-refractivity contribution in [1.29, 1.82) is 0 Å². The normalized spacial score (nSPS) is 9.55. The van der Waals surface area contributed by atoms with Crippen molar-refractivity contribution in [3.05, 3.63) is 90.9 Å². The van der Waals surface area contributed by atoms with E-state index in [0.29, 0.717) is 6.71 Å². The van der Waals surface area contributed by atoms with Gasteiger partial charge in [0, 0.05) is 5.69 Å². The topological polar surface area (TPSA) is 28.7 Å². The zero-order valence-corrected chi connectivity index (χ0v) is 13.2. The van der Waals surface area contributed by atoms with E-state index >= 15 is 0 Å². The highest BCUT2D eigenvalue weighted by atomic mass is 14.9. The van der Waals surface area contributed by atoms with Gasteiger partial charge in [-0.1, -0.05) is 71.6 Å². The monoisotopic (exact) mass is 288 g/mol.